The van der Waals surface area contributed by atoms with Gasteiger partial charge in [0, 0.05) is 12.1 Å². The maximum atomic E-state index is 11.5. The molecular weight excluding hydrogens is 174 g/mol. The van der Waals surface area contributed by atoms with Crippen molar-refractivity contribution in [1.29, 1.82) is 0 Å². The minimum Gasteiger partial charge on any atom is -0.312 e. The SMILES string of the molecule is O=C1CCC2=Cc3ccccc3CN12. The molecule has 1 saturated heterocycles. The van der Waals surface area contributed by atoms with E-state index in [2.05, 4.69) is 18.2 Å². The predicted molar refractivity (Wildman–Crippen MR) is 54.2 cm³/mol. The van der Waals surface area contributed by atoms with E-state index in [1.54, 1.807) is 0 Å². The maximum Gasteiger partial charge on any atom is 0.227 e. The summed E-state index contributed by atoms with van der Waals surface area (Å²) in [7, 11) is 0. The van der Waals surface area contributed by atoms with Crippen LogP contribution in [0.2, 0.25) is 0 Å². The van der Waals surface area contributed by atoms with Crippen LogP contribution in [0.3, 0.4) is 0 Å². The minimum absolute atomic E-state index is 0.269. The molecule has 2 heteroatoms. The van der Waals surface area contributed by atoms with Gasteiger partial charge in [0.05, 0.1) is 6.54 Å². The van der Waals surface area contributed by atoms with Gasteiger partial charge in [-0.3, -0.25) is 4.79 Å². The number of fused-ring (bicyclic) bond motifs is 2. The van der Waals surface area contributed by atoms with Gasteiger partial charge in [0.2, 0.25) is 5.91 Å². The molecule has 0 aliphatic carbocycles. The molecule has 2 heterocycles. The van der Waals surface area contributed by atoms with E-state index in [0.29, 0.717) is 6.42 Å². The first-order valence-electron chi connectivity index (χ1n) is 4.93. The largest absolute Gasteiger partial charge is 0.312 e. The van der Waals surface area contributed by atoms with E-state index in [-0.39, 0.29) is 5.91 Å². The molecule has 0 radical (unpaired) electrons. The first-order valence-corrected chi connectivity index (χ1v) is 4.93. The molecule has 1 amide bonds. The molecule has 70 valence electrons. The zero-order valence-corrected chi connectivity index (χ0v) is 7.86. The Balaban J connectivity index is 2.11. The molecule has 1 fully saturated rings. The minimum atomic E-state index is 0.269. The number of carbonyl (C=O) groups is 1. The van der Waals surface area contributed by atoms with Crippen molar-refractivity contribution in [3.63, 3.8) is 0 Å². The zero-order chi connectivity index (χ0) is 9.54. The van der Waals surface area contributed by atoms with Gasteiger partial charge in [-0.2, -0.15) is 0 Å². The summed E-state index contributed by atoms with van der Waals surface area (Å²) in [5.41, 5.74) is 3.72. The Labute approximate surface area is 82.8 Å². The molecular formula is C12H11NO. The summed E-state index contributed by atoms with van der Waals surface area (Å²) in [5.74, 6) is 0.269. The molecule has 2 nitrogen and oxygen atoms in total. The monoisotopic (exact) mass is 185 g/mol. The molecule has 0 bridgehead atoms. The van der Waals surface area contributed by atoms with E-state index in [1.807, 2.05) is 17.0 Å². The van der Waals surface area contributed by atoms with Gasteiger partial charge in [-0.15, -0.1) is 0 Å². The van der Waals surface area contributed by atoms with Crippen molar-refractivity contribution in [3.05, 3.63) is 41.1 Å². The first-order chi connectivity index (χ1) is 6.84. The number of hydrogen-bond donors (Lipinski definition) is 0. The highest BCUT2D eigenvalue weighted by Gasteiger charge is 2.28. The van der Waals surface area contributed by atoms with Gasteiger partial charge in [-0.1, -0.05) is 24.3 Å². The van der Waals surface area contributed by atoms with Gasteiger partial charge < -0.3 is 4.90 Å². The second-order valence-corrected chi connectivity index (χ2v) is 3.81. The molecule has 0 aromatic heterocycles. The highest BCUT2D eigenvalue weighted by Crippen LogP contribution is 2.32. The van der Waals surface area contributed by atoms with Crippen molar-refractivity contribution < 1.29 is 4.79 Å². The van der Waals surface area contributed by atoms with Crippen molar-refractivity contribution >= 4 is 12.0 Å². The van der Waals surface area contributed by atoms with Gasteiger partial charge in [-0.25, -0.2) is 0 Å². The van der Waals surface area contributed by atoms with Crippen molar-refractivity contribution in [3.8, 4) is 0 Å². The normalized spacial score (nSPS) is 19.0. The van der Waals surface area contributed by atoms with Crippen LogP contribution in [0.1, 0.15) is 24.0 Å². The fourth-order valence-corrected chi connectivity index (χ4v) is 2.17. The van der Waals surface area contributed by atoms with Gasteiger partial charge in [0.15, 0.2) is 0 Å². The Morgan fingerprint density at radius 3 is 2.93 bits per heavy atom. The van der Waals surface area contributed by atoms with Crippen LogP contribution < -0.4 is 0 Å². The topological polar surface area (TPSA) is 20.3 Å². The smallest absolute Gasteiger partial charge is 0.227 e. The molecule has 1 aromatic carbocycles. The number of rotatable bonds is 0. The molecule has 0 saturated carbocycles. The van der Waals surface area contributed by atoms with E-state index < -0.39 is 0 Å². The molecule has 3 rings (SSSR count). The number of nitrogens with zero attached hydrogens (tertiary/aromatic N) is 1. The number of allylic oxidation sites excluding steroid dienone is 1. The van der Waals surface area contributed by atoms with Crippen molar-refractivity contribution in [2.75, 3.05) is 0 Å². The fraction of sp³-hybridized carbons (Fsp3) is 0.250. The zero-order valence-electron chi connectivity index (χ0n) is 7.86. The number of benzene rings is 1. The van der Waals surface area contributed by atoms with Crippen LogP contribution in [0.15, 0.2) is 30.0 Å². The van der Waals surface area contributed by atoms with Crippen LogP contribution in [0.5, 0.6) is 0 Å². The maximum absolute atomic E-state index is 11.5. The summed E-state index contributed by atoms with van der Waals surface area (Å²) in [6.45, 7) is 0.765. The summed E-state index contributed by atoms with van der Waals surface area (Å²) in [6.07, 6.45) is 3.73. The molecule has 1 aromatic rings. The fourth-order valence-electron chi connectivity index (χ4n) is 2.17. The summed E-state index contributed by atoms with van der Waals surface area (Å²) < 4.78 is 0. The molecule has 0 N–H and O–H groups in total. The quantitative estimate of drug-likeness (QED) is 0.606. The molecule has 14 heavy (non-hydrogen) atoms. The Bertz CT molecular complexity index is 434. The second-order valence-electron chi connectivity index (χ2n) is 3.81. The molecule has 0 atom stereocenters. The van der Waals surface area contributed by atoms with Crippen molar-refractivity contribution in [1.82, 2.24) is 4.90 Å². The summed E-state index contributed by atoms with van der Waals surface area (Å²) in [4.78, 5) is 13.4. The van der Waals surface area contributed by atoms with E-state index in [1.165, 1.54) is 16.8 Å². The lowest BCUT2D eigenvalue weighted by Gasteiger charge is -2.24. The lowest BCUT2D eigenvalue weighted by atomic mass is 10.0. The van der Waals surface area contributed by atoms with Crippen LogP contribution in [-0.4, -0.2) is 10.8 Å². The lowest BCUT2D eigenvalue weighted by molar-refractivity contribution is -0.127. The van der Waals surface area contributed by atoms with Crippen molar-refractivity contribution in [2.24, 2.45) is 0 Å². The molecule has 2 aliphatic heterocycles. The third kappa shape index (κ3) is 1.00. The summed E-state index contributed by atoms with van der Waals surface area (Å²) >= 11 is 0. The second kappa shape index (κ2) is 2.71. The average Bonchev–Trinajstić information content (AvgIpc) is 2.57. The van der Waals surface area contributed by atoms with Gasteiger partial charge in [-0.05, 0) is 23.6 Å². The lowest BCUT2D eigenvalue weighted by Crippen LogP contribution is -2.25. The Morgan fingerprint density at radius 2 is 2.00 bits per heavy atom. The molecule has 0 spiro atoms. The number of carbonyl (C=O) groups excluding carboxylic acids is 1. The van der Waals surface area contributed by atoms with Crippen LogP contribution in [0.25, 0.3) is 6.08 Å². The van der Waals surface area contributed by atoms with E-state index in [9.17, 15) is 4.79 Å². The number of hydrogen-bond acceptors (Lipinski definition) is 1. The van der Waals surface area contributed by atoms with E-state index in [4.69, 9.17) is 0 Å². The Kier molecular flexibility index (Phi) is 1.51. The van der Waals surface area contributed by atoms with Crippen LogP contribution >= 0.6 is 0 Å². The molecule has 2 aliphatic rings. The van der Waals surface area contributed by atoms with Gasteiger partial charge in [0.1, 0.15) is 0 Å². The average molecular weight is 185 g/mol. The Hall–Kier alpha value is -1.57. The van der Waals surface area contributed by atoms with E-state index in [0.717, 1.165) is 13.0 Å². The van der Waals surface area contributed by atoms with Crippen LogP contribution in [0, 0.1) is 0 Å². The van der Waals surface area contributed by atoms with E-state index >= 15 is 0 Å². The van der Waals surface area contributed by atoms with Crippen LogP contribution in [-0.2, 0) is 11.3 Å². The first kappa shape index (κ1) is 7.80. The highest BCUT2D eigenvalue weighted by molar-refractivity contribution is 5.84. The molecule has 0 unspecified atom stereocenters. The highest BCUT2D eigenvalue weighted by atomic mass is 16.2. The van der Waals surface area contributed by atoms with Gasteiger partial charge >= 0.3 is 0 Å². The van der Waals surface area contributed by atoms with Crippen molar-refractivity contribution in [2.45, 2.75) is 19.4 Å². The number of amides is 1. The standard InChI is InChI=1S/C12H11NO/c14-12-6-5-11-7-9-3-1-2-4-10(9)8-13(11)12/h1-4,7H,5-6,8H2. The predicted octanol–water partition coefficient (Wildman–Crippen LogP) is 2.16. The third-order valence-electron chi connectivity index (χ3n) is 2.95. The van der Waals surface area contributed by atoms with Crippen LogP contribution in [0.4, 0.5) is 0 Å². The summed E-state index contributed by atoms with van der Waals surface area (Å²) in [6, 6.07) is 8.28. The third-order valence-corrected chi connectivity index (χ3v) is 2.95. The Morgan fingerprint density at radius 1 is 1.14 bits per heavy atom. The van der Waals surface area contributed by atoms with Gasteiger partial charge in [0.25, 0.3) is 0 Å². The summed E-state index contributed by atoms with van der Waals surface area (Å²) in [5, 5.41) is 0.